The van der Waals surface area contributed by atoms with Crippen LogP contribution in [0.3, 0.4) is 0 Å². The van der Waals surface area contributed by atoms with Crippen molar-refractivity contribution in [2.24, 2.45) is 4.99 Å². The molecule has 2 rings (SSSR count). The molecule has 2 aromatic rings. The maximum absolute atomic E-state index is 11.8. The normalized spacial score (nSPS) is 13.2. The minimum absolute atomic E-state index is 0.225. The van der Waals surface area contributed by atoms with Crippen LogP contribution in [0.25, 0.3) is 0 Å². The Morgan fingerprint density at radius 3 is 2.36 bits per heavy atom. The van der Waals surface area contributed by atoms with Gasteiger partial charge in [0.1, 0.15) is 0 Å². The molecule has 0 saturated carbocycles. The summed E-state index contributed by atoms with van der Waals surface area (Å²) in [6.45, 7) is 3.68. The van der Waals surface area contributed by atoms with Gasteiger partial charge in [0.15, 0.2) is 5.96 Å². The summed E-state index contributed by atoms with van der Waals surface area (Å²) in [7, 11) is -2.05. The molecular formula is C20H28N4O3S. The molecule has 0 saturated heterocycles. The van der Waals surface area contributed by atoms with E-state index in [2.05, 4.69) is 20.3 Å². The predicted octanol–water partition coefficient (Wildman–Crippen LogP) is 1.77. The minimum atomic E-state index is -3.43. The highest BCUT2D eigenvalue weighted by Crippen LogP contribution is 2.15. The second-order valence-electron chi connectivity index (χ2n) is 6.19. The maximum Gasteiger partial charge on any atom is 0.240 e. The highest BCUT2D eigenvalue weighted by Gasteiger charge is 2.10. The molecule has 152 valence electrons. The predicted molar refractivity (Wildman–Crippen MR) is 112 cm³/mol. The Kier molecular flexibility index (Phi) is 8.43. The molecule has 8 heteroatoms. The van der Waals surface area contributed by atoms with Gasteiger partial charge in [0, 0.05) is 13.1 Å². The summed E-state index contributed by atoms with van der Waals surface area (Å²) in [5.74, 6) is 0.648. The van der Waals surface area contributed by atoms with Crippen molar-refractivity contribution < 1.29 is 13.5 Å². The van der Waals surface area contributed by atoms with E-state index in [1.807, 2.05) is 37.3 Å². The standard InChI is InChI=1S/C20H28N4O3S/c1-3-22-20(23-14-13-19(25)17-7-5-4-6-8-17)24-15-16-9-11-18(12-10-16)28(26,27)21-2/h4-12,19,21,25H,3,13-15H2,1-2H3,(H2,22,23,24). The van der Waals surface area contributed by atoms with Crippen LogP contribution in [-0.2, 0) is 16.6 Å². The first-order valence-corrected chi connectivity index (χ1v) is 10.7. The molecule has 0 aliphatic carbocycles. The van der Waals surface area contributed by atoms with E-state index in [0.29, 0.717) is 32.0 Å². The average molecular weight is 405 g/mol. The van der Waals surface area contributed by atoms with Gasteiger partial charge in [-0.1, -0.05) is 42.5 Å². The number of benzene rings is 2. The number of rotatable bonds is 9. The van der Waals surface area contributed by atoms with E-state index < -0.39 is 16.1 Å². The SMILES string of the molecule is CCNC(=NCc1ccc(S(=O)(=O)NC)cc1)NCCC(O)c1ccccc1. The number of nitrogens with one attached hydrogen (secondary N) is 3. The van der Waals surface area contributed by atoms with Gasteiger partial charge in [-0.2, -0.15) is 0 Å². The van der Waals surface area contributed by atoms with Crippen molar-refractivity contribution in [2.45, 2.75) is 30.9 Å². The largest absolute Gasteiger partial charge is 0.388 e. The van der Waals surface area contributed by atoms with Gasteiger partial charge in [0.25, 0.3) is 0 Å². The monoisotopic (exact) mass is 404 g/mol. The molecule has 0 aliphatic heterocycles. The first kappa shape index (κ1) is 21.9. The van der Waals surface area contributed by atoms with Gasteiger partial charge in [0.2, 0.25) is 10.0 Å². The van der Waals surface area contributed by atoms with Crippen LogP contribution in [-0.4, -0.2) is 39.6 Å². The third-order valence-electron chi connectivity index (χ3n) is 4.16. The van der Waals surface area contributed by atoms with E-state index in [1.54, 1.807) is 24.3 Å². The van der Waals surface area contributed by atoms with Crippen LogP contribution >= 0.6 is 0 Å². The topological polar surface area (TPSA) is 103 Å². The van der Waals surface area contributed by atoms with Gasteiger partial charge in [0.05, 0.1) is 17.5 Å². The maximum atomic E-state index is 11.8. The van der Waals surface area contributed by atoms with Crippen molar-refractivity contribution in [3.63, 3.8) is 0 Å². The highest BCUT2D eigenvalue weighted by molar-refractivity contribution is 7.89. The number of hydrogen-bond acceptors (Lipinski definition) is 4. The Balaban J connectivity index is 1.91. The number of aliphatic hydroxyl groups excluding tert-OH is 1. The molecule has 0 heterocycles. The number of aliphatic imine (C=N–C) groups is 1. The Bertz CT molecular complexity index is 853. The van der Waals surface area contributed by atoms with E-state index in [9.17, 15) is 13.5 Å². The zero-order valence-electron chi connectivity index (χ0n) is 16.2. The Morgan fingerprint density at radius 2 is 1.75 bits per heavy atom. The number of aliphatic hydroxyl groups is 1. The lowest BCUT2D eigenvalue weighted by molar-refractivity contribution is 0.168. The van der Waals surface area contributed by atoms with Gasteiger partial charge in [-0.25, -0.2) is 18.1 Å². The molecule has 4 N–H and O–H groups in total. The lowest BCUT2D eigenvalue weighted by Crippen LogP contribution is -2.38. The Morgan fingerprint density at radius 1 is 1.07 bits per heavy atom. The molecule has 0 bridgehead atoms. The lowest BCUT2D eigenvalue weighted by atomic mass is 10.1. The number of guanidine groups is 1. The van der Waals surface area contributed by atoms with Crippen LogP contribution in [0.1, 0.15) is 30.6 Å². The van der Waals surface area contributed by atoms with E-state index in [0.717, 1.165) is 11.1 Å². The summed E-state index contributed by atoms with van der Waals surface area (Å²) in [6, 6.07) is 16.2. The van der Waals surface area contributed by atoms with Gasteiger partial charge in [-0.3, -0.25) is 0 Å². The lowest BCUT2D eigenvalue weighted by Gasteiger charge is -2.14. The van der Waals surface area contributed by atoms with Gasteiger partial charge in [-0.15, -0.1) is 0 Å². The van der Waals surface area contributed by atoms with Crippen molar-refractivity contribution in [1.82, 2.24) is 15.4 Å². The summed E-state index contributed by atoms with van der Waals surface area (Å²) in [5.41, 5.74) is 1.79. The van der Waals surface area contributed by atoms with Crippen molar-refractivity contribution in [1.29, 1.82) is 0 Å². The molecule has 0 aromatic heterocycles. The van der Waals surface area contributed by atoms with Crippen LogP contribution in [0.15, 0.2) is 64.5 Å². The van der Waals surface area contributed by atoms with E-state index >= 15 is 0 Å². The smallest absolute Gasteiger partial charge is 0.240 e. The fraction of sp³-hybridized carbons (Fsp3) is 0.350. The molecule has 0 radical (unpaired) electrons. The summed E-state index contributed by atoms with van der Waals surface area (Å²) in [6.07, 6.45) is 0.0311. The average Bonchev–Trinajstić information content (AvgIpc) is 2.72. The fourth-order valence-electron chi connectivity index (χ4n) is 2.57. The van der Waals surface area contributed by atoms with Crippen molar-refractivity contribution >= 4 is 16.0 Å². The van der Waals surface area contributed by atoms with Gasteiger partial charge < -0.3 is 15.7 Å². The second kappa shape index (κ2) is 10.8. The van der Waals surface area contributed by atoms with Crippen LogP contribution in [0.4, 0.5) is 0 Å². The summed E-state index contributed by atoms with van der Waals surface area (Å²) < 4.78 is 25.8. The Labute approximate surface area is 167 Å². The summed E-state index contributed by atoms with van der Waals surface area (Å²) in [4.78, 5) is 4.74. The second-order valence-corrected chi connectivity index (χ2v) is 8.08. The first-order valence-electron chi connectivity index (χ1n) is 9.24. The molecular weight excluding hydrogens is 376 g/mol. The number of sulfonamides is 1. The van der Waals surface area contributed by atoms with Crippen LogP contribution in [0, 0.1) is 0 Å². The van der Waals surface area contributed by atoms with Crippen molar-refractivity contribution in [3.8, 4) is 0 Å². The zero-order chi connectivity index (χ0) is 20.4. The third-order valence-corrected chi connectivity index (χ3v) is 5.59. The summed E-state index contributed by atoms with van der Waals surface area (Å²) >= 11 is 0. The molecule has 2 aromatic carbocycles. The van der Waals surface area contributed by atoms with E-state index in [4.69, 9.17) is 0 Å². The zero-order valence-corrected chi connectivity index (χ0v) is 17.0. The Hall–Kier alpha value is -2.42. The molecule has 0 amide bonds. The quantitative estimate of drug-likeness (QED) is 0.377. The van der Waals surface area contributed by atoms with E-state index in [1.165, 1.54) is 7.05 Å². The number of nitrogens with zero attached hydrogens (tertiary/aromatic N) is 1. The van der Waals surface area contributed by atoms with Gasteiger partial charge >= 0.3 is 0 Å². The van der Waals surface area contributed by atoms with Crippen LogP contribution in [0.2, 0.25) is 0 Å². The van der Waals surface area contributed by atoms with Crippen molar-refractivity contribution in [2.75, 3.05) is 20.1 Å². The highest BCUT2D eigenvalue weighted by atomic mass is 32.2. The summed E-state index contributed by atoms with van der Waals surface area (Å²) in [5, 5.41) is 16.6. The minimum Gasteiger partial charge on any atom is -0.388 e. The molecule has 0 fully saturated rings. The van der Waals surface area contributed by atoms with Gasteiger partial charge in [-0.05, 0) is 43.7 Å². The third kappa shape index (κ3) is 6.63. The van der Waals surface area contributed by atoms with Crippen LogP contribution in [0.5, 0.6) is 0 Å². The van der Waals surface area contributed by atoms with Crippen LogP contribution < -0.4 is 15.4 Å². The molecule has 0 spiro atoms. The van der Waals surface area contributed by atoms with E-state index in [-0.39, 0.29) is 4.90 Å². The molecule has 0 aliphatic rings. The fourth-order valence-corrected chi connectivity index (χ4v) is 3.30. The molecule has 7 nitrogen and oxygen atoms in total. The molecule has 28 heavy (non-hydrogen) atoms. The molecule has 1 unspecified atom stereocenters. The number of hydrogen-bond donors (Lipinski definition) is 4. The van der Waals surface area contributed by atoms with Crippen molar-refractivity contribution in [3.05, 3.63) is 65.7 Å². The molecule has 1 atom stereocenters. The first-order chi connectivity index (χ1) is 13.5.